The van der Waals surface area contributed by atoms with Crippen LogP contribution in [0, 0.1) is 0 Å². The molecule has 8 atom stereocenters. The number of aliphatic hydroxyl groups excluding tert-OH is 5. The van der Waals surface area contributed by atoms with Crippen molar-refractivity contribution in [3.63, 3.8) is 0 Å². The molecule has 312 valence electrons. The van der Waals surface area contributed by atoms with Crippen LogP contribution >= 0.6 is 0 Å². The first-order chi connectivity index (χ1) is 25.4. The third kappa shape index (κ3) is 23.9. The highest BCUT2D eigenvalue weighted by atomic mass is 32.3. The van der Waals surface area contributed by atoms with Crippen LogP contribution in [0.4, 0.5) is 0 Å². The van der Waals surface area contributed by atoms with Crippen molar-refractivity contribution in [3.05, 3.63) is 24.3 Å². The van der Waals surface area contributed by atoms with Gasteiger partial charge < -0.3 is 40.3 Å². The molecule has 0 spiro atoms. The molecular formula is C39H73NO12S. The van der Waals surface area contributed by atoms with Crippen molar-refractivity contribution in [1.29, 1.82) is 0 Å². The summed E-state index contributed by atoms with van der Waals surface area (Å²) < 4.78 is 47.2. The van der Waals surface area contributed by atoms with E-state index in [-0.39, 0.29) is 6.42 Å². The van der Waals surface area contributed by atoms with Crippen LogP contribution in [0.5, 0.6) is 0 Å². The third-order valence-corrected chi connectivity index (χ3v) is 10.1. The topological polar surface area (TPSA) is 212 Å². The number of rotatable bonds is 33. The second-order valence-corrected chi connectivity index (χ2v) is 15.4. The molecule has 1 fully saturated rings. The third-order valence-electron chi connectivity index (χ3n) is 9.59. The number of ether oxygens (including phenoxy) is 2. The molecule has 1 amide bonds. The number of allylic oxidation sites excluding steroid dienone is 3. The molecule has 0 bridgehead atoms. The fourth-order valence-electron chi connectivity index (χ4n) is 6.30. The van der Waals surface area contributed by atoms with Crippen molar-refractivity contribution in [3.8, 4) is 0 Å². The van der Waals surface area contributed by atoms with Crippen LogP contribution in [0.3, 0.4) is 0 Å². The van der Waals surface area contributed by atoms with Crippen LogP contribution in [0.1, 0.15) is 155 Å². The second kappa shape index (κ2) is 30.7. The lowest BCUT2D eigenvalue weighted by atomic mass is 9.99. The van der Waals surface area contributed by atoms with Crippen LogP contribution in [0.15, 0.2) is 24.3 Å². The van der Waals surface area contributed by atoms with Gasteiger partial charge in [-0.25, -0.2) is 4.18 Å². The molecule has 0 radical (unpaired) electrons. The lowest BCUT2D eigenvalue weighted by molar-refractivity contribution is -0.298. The fourth-order valence-corrected chi connectivity index (χ4v) is 6.81. The Balaban J connectivity index is 2.64. The molecule has 8 unspecified atom stereocenters. The first kappa shape index (κ1) is 49.6. The van der Waals surface area contributed by atoms with Gasteiger partial charge in [0.2, 0.25) is 5.91 Å². The van der Waals surface area contributed by atoms with E-state index in [0.29, 0.717) is 12.8 Å². The van der Waals surface area contributed by atoms with Crippen LogP contribution in [-0.2, 0) is 28.9 Å². The van der Waals surface area contributed by atoms with E-state index in [4.69, 9.17) is 14.0 Å². The monoisotopic (exact) mass is 779 g/mol. The standard InChI is InChI=1S/C39H73NO12S/c1-3-5-7-9-11-13-14-15-16-17-18-20-22-24-26-28-33(43)38(46)40-31(32(42)27-25-23-21-19-12-10-8-6-4-2)30-50-39-36(45)37(52-53(47,48)49)35(44)34(29-41)51-39/h12,19,25,27,31-37,39,41-45H,3-11,13-18,20-24,26,28-30H2,1-2H3,(H,40,46)(H,47,48,49)/b19-12+,27-25+. The summed E-state index contributed by atoms with van der Waals surface area (Å²) in [6, 6.07) is -1.13. The van der Waals surface area contributed by atoms with Crippen molar-refractivity contribution >= 4 is 16.3 Å². The zero-order valence-electron chi connectivity index (χ0n) is 32.4. The minimum absolute atomic E-state index is 0.239. The van der Waals surface area contributed by atoms with Gasteiger partial charge in [-0.1, -0.05) is 147 Å². The summed E-state index contributed by atoms with van der Waals surface area (Å²) in [5, 5.41) is 54.8. The minimum Gasteiger partial charge on any atom is -0.394 e. The van der Waals surface area contributed by atoms with Gasteiger partial charge in [-0.05, 0) is 32.1 Å². The fraction of sp³-hybridized carbons (Fsp3) is 0.872. The number of carbonyl (C=O) groups is 1. The van der Waals surface area contributed by atoms with E-state index in [0.717, 1.165) is 44.9 Å². The van der Waals surface area contributed by atoms with Crippen molar-refractivity contribution in [2.75, 3.05) is 13.2 Å². The summed E-state index contributed by atoms with van der Waals surface area (Å²) in [4.78, 5) is 13.0. The molecule has 1 aliphatic heterocycles. The number of nitrogens with one attached hydrogen (secondary N) is 1. The molecule has 7 N–H and O–H groups in total. The summed E-state index contributed by atoms with van der Waals surface area (Å²) in [5.41, 5.74) is 0. The summed E-state index contributed by atoms with van der Waals surface area (Å²) >= 11 is 0. The number of hydrogen-bond donors (Lipinski definition) is 7. The van der Waals surface area contributed by atoms with Crippen LogP contribution in [0.2, 0.25) is 0 Å². The van der Waals surface area contributed by atoms with Gasteiger partial charge in [0.25, 0.3) is 0 Å². The second-order valence-electron chi connectivity index (χ2n) is 14.4. The first-order valence-corrected chi connectivity index (χ1v) is 21.7. The van der Waals surface area contributed by atoms with Crippen molar-refractivity contribution in [2.45, 2.75) is 204 Å². The van der Waals surface area contributed by atoms with Gasteiger partial charge in [0, 0.05) is 0 Å². The molecule has 1 heterocycles. The predicted molar refractivity (Wildman–Crippen MR) is 205 cm³/mol. The summed E-state index contributed by atoms with van der Waals surface area (Å²) in [6.07, 6.45) is 20.1. The highest BCUT2D eigenvalue weighted by Crippen LogP contribution is 2.26. The largest absolute Gasteiger partial charge is 0.397 e. The Kier molecular flexibility index (Phi) is 28.7. The van der Waals surface area contributed by atoms with E-state index < -0.39 is 78.5 Å². The van der Waals surface area contributed by atoms with Gasteiger partial charge in [-0.15, -0.1) is 0 Å². The minimum atomic E-state index is -5.11. The first-order valence-electron chi connectivity index (χ1n) is 20.3. The molecule has 13 nitrogen and oxygen atoms in total. The van der Waals surface area contributed by atoms with Gasteiger partial charge in [0.1, 0.15) is 30.5 Å². The van der Waals surface area contributed by atoms with Gasteiger partial charge in [0.15, 0.2) is 6.29 Å². The molecule has 0 aromatic carbocycles. The van der Waals surface area contributed by atoms with Crippen molar-refractivity contribution < 1.29 is 57.0 Å². The van der Waals surface area contributed by atoms with Gasteiger partial charge in [-0.2, -0.15) is 8.42 Å². The quantitative estimate of drug-likeness (QED) is 0.0248. The number of unbranched alkanes of at least 4 members (excludes halogenated alkanes) is 18. The molecule has 0 saturated carbocycles. The Labute approximate surface area is 319 Å². The molecule has 53 heavy (non-hydrogen) atoms. The molecule has 0 aliphatic carbocycles. The molecule has 0 aromatic heterocycles. The highest BCUT2D eigenvalue weighted by molar-refractivity contribution is 7.80. The molecular weight excluding hydrogens is 706 g/mol. The Morgan fingerprint density at radius 3 is 1.81 bits per heavy atom. The smallest absolute Gasteiger partial charge is 0.394 e. The van der Waals surface area contributed by atoms with Crippen molar-refractivity contribution in [2.24, 2.45) is 0 Å². The Morgan fingerprint density at radius 1 is 0.755 bits per heavy atom. The van der Waals surface area contributed by atoms with E-state index in [1.165, 1.54) is 83.1 Å². The maximum atomic E-state index is 13.0. The summed E-state index contributed by atoms with van der Waals surface area (Å²) in [5.74, 6) is -0.715. The van der Waals surface area contributed by atoms with Crippen LogP contribution in [0.25, 0.3) is 0 Å². The lowest BCUT2D eigenvalue weighted by Crippen LogP contribution is -2.61. The zero-order chi connectivity index (χ0) is 39.3. The molecule has 1 aliphatic rings. The van der Waals surface area contributed by atoms with Crippen molar-refractivity contribution in [1.82, 2.24) is 5.32 Å². The average molecular weight is 780 g/mol. The van der Waals surface area contributed by atoms with Gasteiger partial charge in [-0.3, -0.25) is 9.35 Å². The molecule has 14 heteroatoms. The summed E-state index contributed by atoms with van der Waals surface area (Å²) in [7, 11) is -5.11. The molecule has 1 rings (SSSR count). The number of amides is 1. The van der Waals surface area contributed by atoms with E-state index in [2.05, 4.69) is 35.5 Å². The maximum absolute atomic E-state index is 13.0. The van der Waals surface area contributed by atoms with E-state index >= 15 is 0 Å². The van der Waals surface area contributed by atoms with Crippen LogP contribution in [-0.4, -0.2) is 107 Å². The Morgan fingerprint density at radius 2 is 1.26 bits per heavy atom. The number of aliphatic hydroxyl groups is 5. The summed E-state index contributed by atoms with van der Waals surface area (Å²) in [6.45, 7) is 3.11. The average Bonchev–Trinajstić information content (AvgIpc) is 3.12. The predicted octanol–water partition coefficient (Wildman–Crippen LogP) is 5.57. The van der Waals surface area contributed by atoms with E-state index in [1.807, 2.05) is 0 Å². The SMILES string of the molecule is CCCCC/C=C/CC/C=C/C(O)C(COC1OC(CO)C(O)C(OS(=O)(=O)O)C1O)NC(=O)C(O)CCCCCCCCCCCCCCCCC. The zero-order valence-corrected chi connectivity index (χ0v) is 33.3. The number of hydrogen-bond acceptors (Lipinski definition) is 11. The number of carbonyl (C=O) groups excluding carboxylic acids is 1. The lowest BCUT2D eigenvalue weighted by Gasteiger charge is -2.41. The highest BCUT2D eigenvalue weighted by Gasteiger charge is 2.48. The van der Waals surface area contributed by atoms with Gasteiger partial charge in [0.05, 0.1) is 25.4 Å². The van der Waals surface area contributed by atoms with E-state index in [9.17, 15) is 38.7 Å². The Bertz CT molecular complexity index is 1070. The van der Waals surface area contributed by atoms with Crippen LogP contribution < -0.4 is 5.32 Å². The Hall–Kier alpha value is -1.46. The molecule has 1 saturated heterocycles. The maximum Gasteiger partial charge on any atom is 0.397 e. The normalized spacial score (nSPS) is 22.8. The van der Waals surface area contributed by atoms with Gasteiger partial charge >= 0.3 is 10.4 Å². The van der Waals surface area contributed by atoms with E-state index in [1.54, 1.807) is 6.08 Å². The molecule has 0 aromatic rings.